The average molecular weight is 356 g/mol. The van der Waals surface area contributed by atoms with Gasteiger partial charge in [-0.3, -0.25) is 9.59 Å². The highest BCUT2D eigenvalue weighted by molar-refractivity contribution is 7.99. The van der Waals surface area contributed by atoms with E-state index in [1.54, 1.807) is 23.1 Å². The summed E-state index contributed by atoms with van der Waals surface area (Å²) in [7, 11) is 0. The van der Waals surface area contributed by atoms with Crippen LogP contribution in [0.2, 0.25) is 0 Å². The number of phenols is 1. The molecular weight excluding hydrogens is 336 g/mol. The lowest BCUT2D eigenvalue weighted by Gasteiger charge is -2.28. The lowest BCUT2D eigenvalue weighted by atomic mass is 10.1. The lowest BCUT2D eigenvalue weighted by Crippen LogP contribution is -2.47. The summed E-state index contributed by atoms with van der Waals surface area (Å²) in [4.78, 5) is 26.4. The molecular formula is C19H20N2O3S. The first-order valence-corrected chi connectivity index (χ1v) is 9.13. The lowest BCUT2D eigenvalue weighted by molar-refractivity contribution is -0.138. The van der Waals surface area contributed by atoms with E-state index in [9.17, 15) is 14.7 Å². The summed E-state index contributed by atoms with van der Waals surface area (Å²) in [5, 5.41) is 12.6. The number of hydrogen-bond donors (Lipinski definition) is 2. The number of nitrogens with zero attached hydrogens (tertiary/aromatic N) is 1. The van der Waals surface area contributed by atoms with Gasteiger partial charge in [0, 0.05) is 24.8 Å². The number of thioether (sulfide) groups is 1. The van der Waals surface area contributed by atoms with Crippen molar-refractivity contribution in [3.63, 3.8) is 0 Å². The average Bonchev–Trinajstić information content (AvgIpc) is 3.06. The Labute approximate surface area is 151 Å². The standard InChI is InChI=1S/C19H20N2O3S/c1-13(22)21-16(18(24)20-11-14-7-3-2-4-8-14)12-25-19(21)15-9-5-6-10-17(15)23/h2-10,16,19,23H,11-12H2,1H3,(H,20,24). The smallest absolute Gasteiger partial charge is 0.243 e. The van der Waals surface area contributed by atoms with Crippen molar-refractivity contribution < 1.29 is 14.7 Å². The van der Waals surface area contributed by atoms with Gasteiger partial charge in [0.1, 0.15) is 17.2 Å². The van der Waals surface area contributed by atoms with Crippen molar-refractivity contribution in [3.8, 4) is 5.75 Å². The molecule has 3 rings (SSSR count). The third kappa shape index (κ3) is 3.79. The second kappa shape index (κ2) is 7.61. The largest absolute Gasteiger partial charge is 0.508 e. The summed E-state index contributed by atoms with van der Waals surface area (Å²) in [5.41, 5.74) is 1.66. The fourth-order valence-electron chi connectivity index (χ4n) is 2.93. The van der Waals surface area contributed by atoms with Gasteiger partial charge < -0.3 is 15.3 Å². The van der Waals surface area contributed by atoms with Crippen LogP contribution in [0, 0.1) is 0 Å². The SMILES string of the molecule is CC(=O)N1C(C(=O)NCc2ccccc2)CSC1c1ccccc1O. The van der Waals surface area contributed by atoms with E-state index in [1.165, 1.54) is 18.7 Å². The number of phenolic OH excluding ortho intramolecular Hbond substituents is 1. The molecule has 0 radical (unpaired) electrons. The molecule has 1 saturated heterocycles. The number of hydrogen-bond acceptors (Lipinski definition) is 4. The molecule has 5 nitrogen and oxygen atoms in total. The van der Waals surface area contributed by atoms with Crippen LogP contribution in [0.1, 0.15) is 23.4 Å². The first-order chi connectivity index (χ1) is 12.1. The molecule has 2 atom stereocenters. The molecule has 2 N–H and O–H groups in total. The van der Waals surface area contributed by atoms with Crippen molar-refractivity contribution in [3.05, 3.63) is 65.7 Å². The zero-order valence-electron chi connectivity index (χ0n) is 13.9. The molecule has 0 saturated carbocycles. The number of para-hydroxylation sites is 1. The summed E-state index contributed by atoms with van der Waals surface area (Å²) >= 11 is 1.49. The van der Waals surface area contributed by atoms with E-state index in [1.807, 2.05) is 36.4 Å². The molecule has 2 unspecified atom stereocenters. The van der Waals surface area contributed by atoms with Crippen LogP contribution in [-0.2, 0) is 16.1 Å². The summed E-state index contributed by atoms with van der Waals surface area (Å²) in [5.74, 6) is 0.276. The van der Waals surface area contributed by atoms with E-state index in [0.717, 1.165) is 5.56 Å². The predicted molar refractivity (Wildman–Crippen MR) is 97.9 cm³/mol. The molecule has 1 fully saturated rings. The molecule has 0 spiro atoms. The second-order valence-corrected chi connectivity index (χ2v) is 7.00. The summed E-state index contributed by atoms with van der Waals surface area (Å²) < 4.78 is 0. The zero-order valence-corrected chi connectivity index (χ0v) is 14.7. The Morgan fingerprint density at radius 3 is 2.52 bits per heavy atom. The van der Waals surface area contributed by atoms with E-state index >= 15 is 0 Å². The van der Waals surface area contributed by atoms with E-state index in [0.29, 0.717) is 17.9 Å². The topological polar surface area (TPSA) is 69.6 Å². The van der Waals surface area contributed by atoms with Crippen LogP contribution in [-0.4, -0.2) is 33.6 Å². The number of rotatable bonds is 4. The molecule has 1 aliphatic heterocycles. The summed E-state index contributed by atoms with van der Waals surface area (Å²) in [6.07, 6.45) is 0. The Bertz CT molecular complexity index is 766. The van der Waals surface area contributed by atoms with E-state index in [-0.39, 0.29) is 22.9 Å². The maximum Gasteiger partial charge on any atom is 0.243 e. The first kappa shape index (κ1) is 17.4. The van der Waals surface area contributed by atoms with Crippen molar-refractivity contribution in [2.24, 2.45) is 0 Å². The fraction of sp³-hybridized carbons (Fsp3) is 0.263. The molecule has 0 aliphatic carbocycles. The number of benzene rings is 2. The zero-order chi connectivity index (χ0) is 17.8. The molecule has 2 amide bonds. The summed E-state index contributed by atoms with van der Waals surface area (Å²) in [6.45, 7) is 1.88. The van der Waals surface area contributed by atoms with Crippen molar-refractivity contribution >= 4 is 23.6 Å². The van der Waals surface area contributed by atoms with Gasteiger partial charge >= 0.3 is 0 Å². The van der Waals surface area contributed by atoms with Crippen LogP contribution in [0.5, 0.6) is 5.75 Å². The second-order valence-electron chi connectivity index (χ2n) is 5.89. The number of carbonyl (C=O) groups excluding carboxylic acids is 2. The van der Waals surface area contributed by atoms with Crippen molar-refractivity contribution in [2.75, 3.05) is 5.75 Å². The van der Waals surface area contributed by atoms with Crippen molar-refractivity contribution in [1.29, 1.82) is 0 Å². The van der Waals surface area contributed by atoms with Gasteiger partial charge in [0.25, 0.3) is 0 Å². The van der Waals surface area contributed by atoms with Gasteiger partial charge in [-0.1, -0.05) is 48.5 Å². The van der Waals surface area contributed by atoms with Crippen molar-refractivity contribution in [1.82, 2.24) is 10.2 Å². The fourth-order valence-corrected chi connectivity index (χ4v) is 4.44. The minimum atomic E-state index is -0.546. The van der Waals surface area contributed by atoms with Gasteiger partial charge in [0.2, 0.25) is 11.8 Å². The maximum absolute atomic E-state index is 12.6. The number of amides is 2. The normalized spacial score (nSPS) is 19.6. The monoisotopic (exact) mass is 356 g/mol. The Balaban J connectivity index is 1.74. The third-order valence-corrected chi connectivity index (χ3v) is 5.48. The third-order valence-electron chi connectivity index (χ3n) is 4.18. The van der Waals surface area contributed by atoms with Gasteiger partial charge in [0.15, 0.2) is 0 Å². The molecule has 0 aromatic heterocycles. The van der Waals surface area contributed by atoms with Crippen LogP contribution in [0.15, 0.2) is 54.6 Å². The molecule has 6 heteroatoms. The highest BCUT2D eigenvalue weighted by Gasteiger charge is 2.41. The van der Waals surface area contributed by atoms with Gasteiger partial charge in [-0.2, -0.15) is 0 Å². The van der Waals surface area contributed by atoms with Crippen LogP contribution in [0.4, 0.5) is 0 Å². The Morgan fingerprint density at radius 1 is 1.16 bits per heavy atom. The van der Waals surface area contributed by atoms with Crippen molar-refractivity contribution in [2.45, 2.75) is 24.9 Å². The molecule has 2 aromatic carbocycles. The molecule has 130 valence electrons. The van der Waals surface area contributed by atoms with Gasteiger partial charge in [-0.25, -0.2) is 0 Å². The Kier molecular flexibility index (Phi) is 5.28. The quantitative estimate of drug-likeness (QED) is 0.884. The molecule has 1 aliphatic rings. The van der Waals surface area contributed by atoms with E-state index in [4.69, 9.17) is 0 Å². The van der Waals surface area contributed by atoms with Gasteiger partial charge in [-0.05, 0) is 11.6 Å². The molecule has 25 heavy (non-hydrogen) atoms. The number of carbonyl (C=O) groups is 2. The van der Waals surface area contributed by atoms with E-state index < -0.39 is 6.04 Å². The summed E-state index contributed by atoms with van der Waals surface area (Å²) in [6, 6.07) is 16.0. The number of aromatic hydroxyl groups is 1. The maximum atomic E-state index is 12.6. The Hall–Kier alpha value is -2.47. The molecule has 1 heterocycles. The van der Waals surface area contributed by atoms with Gasteiger partial charge in [0.05, 0.1) is 0 Å². The minimum absolute atomic E-state index is 0.136. The highest BCUT2D eigenvalue weighted by Crippen LogP contribution is 2.44. The van der Waals surface area contributed by atoms with Crippen LogP contribution in [0.3, 0.4) is 0 Å². The first-order valence-electron chi connectivity index (χ1n) is 8.08. The number of nitrogens with one attached hydrogen (secondary N) is 1. The van der Waals surface area contributed by atoms with Crippen LogP contribution >= 0.6 is 11.8 Å². The van der Waals surface area contributed by atoms with Crippen LogP contribution in [0.25, 0.3) is 0 Å². The van der Waals surface area contributed by atoms with Crippen LogP contribution < -0.4 is 5.32 Å². The molecule has 2 aromatic rings. The Morgan fingerprint density at radius 2 is 1.84 bits per heavy atom. The molecule has 0 bridgehead atoms. The predicted octanol–water partition coefficient (Wildman–Crippen LogP) is 2.67. The van der Waals surface area contributed by atoms with E-state index in [2.05, 4.69) is 5.32 Å². The minimum Gasteiger partial charge on any atom is -0.508 e. The highest BCUT2D eigenvalue weighted by atomic mass is 32.2. The van der Waals surface area contributed by atoms with Gasteiger partial charge in [-0.15, -0.1) is 11.8 Å².